The van der Waals surface area contributed by atoms with Gasteiger partial charge in [-0.1, -0.05) is 13.8 Å². The van der Waals surface area contributed by atoms with E-state index in [1.165, 1.54) is 0 Å². The number of nitrogens with zero attached hydrogens (tertiary/aromatic N) is 1. The Labute approximate surface area is 101 Å². The van der Waals surface area contributed by atoms with Crippen LogP contribution in [-0.4, -0.2) is 30.2 Å². The molecule has 0 aliphatic carbocycles. The van der Waals surface area contributed by atoms with E-state index in [4.69, 9.17) is 4.42 Å². The summed E-state index contributed by atoms with van der Waals surface area (Å²) in [6.07, 6.45) is 1.66. The summed E-state index contributed by atoms with van der Waals surface area (Å²) in [6.45, 7) is 4.14. The van der Waals surface area contributed by atoms with E-state index in [1.807, 2.05) is 12.1 Å². The highest BCUT2D eigenvalue weighted by molar-refractivity contribution is 7.99. The number of hydrogen-bond donors (Lipinski definition) is 0. The number of hydrogen-bond acceptors (Lipinski definition) is 3. The first-order chi connectivity index (χ1) is 7.52. The predicted octanol–water partition coefficient (Wildman–Crippen LogP) is 2.63. The van der Waals surface area contributed by atoms with Crippen molar-refractivity contribution in [3.05, 3.63) is 24.2 Å². The molecule has 0 aliphatic heterocycles. The van der Waals surface area contributed by atoms with Crippen molar-refractivity contribution in [3.8, 4) is 0 Å². The molecule has 0 saturated heterocycles. The first-order valence-electron chi connectivity index (χ1n) is 5.37. The molecule has 0 radical (unpaired) electrons. The van der Waals surface area contributed by atoms with Crippen molar-refractivity contribution >= 4 is 17.7 Å². The van der Waals surface area contributed by atoms with Crippen LogP contribution in [0.2, 0.25) is 0 Å². The second-order valence-corrected chi connectivity index (χ2v) is 5.42. The highest BCUT2D eigenvalue weighted by Crippen LogP contribution is 2.25. The van der Waals surface area contributed by atoms with Crippen molar-refractivity contribution in [2.75, 3.05) is 14.1 Å². The molecular formula is C12H19NO2S. The second-order valence-electron chi connectivity index (χ2n) is 4.29. The molecule has 1 aromatic rings. The lowest BCUT2D eigenvalue weighted by Crippen LogP contribution is -2.34. The van der Waals surface area contributed by atoms with Gasteiger partial charge < -0.3 is 9.32 Å². The van der Waals surface area contributed by atoms with E-state index in [2.05, 4.69) is 13.8 Å². The fourth-order valence-electron chi connectivity index (χ4n) is 1.37. The van der Waals surface area contributed by atoms with Crippen LogP contribution in [0, 0.1) is 5.92 Å². The molecule has 1 aromatic heterocycles. The Morgan fingerprint density at radius 2 is 2.19 bits per heavy atom. The molecule has 1 atom stereocenters. The molecule has 0 spiro atoms. The average molecular weight is 241 g/mol. The zero-order valence-corrected chi connectivity index (χ0v) is 11.1. The van der Waals surface area contributed by atoms with Gasteiger partial charge in [0.2, 0.25) is 5.91 Å². The quantitative estimate of drug-likeness (QED) is 0.794. The maximum Gasteiger partial charge on any atom is 0.235 e. The lowest BCUT2D eigenvalue weighted by atomic mass is 10.1. The maximum atomic E-state index is 11.9. The summed E-state index contributed by atoms with van der Waals surface area (Å²) >= 11 is 1.64. The van der Waals surface area contributed by atoms with Gasteiger partial charge in [0, 0.05) is 14.1 Å². The molecule has 0 N–H and O–H groups in total. The fraction of sp³-hybridized carbons (Fsp3) is 0.583. The van der Waals surface area contributed by atoms with Crippen LogP contribution in [0.3, 0.4) is 0 Å². The van der Waals surface area contributed by atoms with Gasteiger partial charge in [0.25, 0.3) is 0 Å². The van der Waals surface area contributed by atoms with Crippen LogP contribution in [0.15, 0.2) is 22.8 Å². The largest absolute Gasteiger partial charge is 0.468 e. The van der Waals surface area contributed by atoms with Crippen molar-refractivity contribution in [2.45, 2.75) is 24.9 Å². The number of amides is 1. The van der Waals surface area contributed by atoms with Crippen LogP contribution in [0.1, 0.15) is 19.6 Å². The number of rotatable bonds is 5. The second kappa shape index (κ2) is 5.99. The Balaban J connectivity index is 2.55. The number of carbonyl (C=O) groups is 1. The molecule has 0 aliphatic rings. The molecule has 4 heteroatoms. The Kier molecular flexibility index (Phi) is 4.93. The summed E-state index contributed by atoms with van der Waals surface area (Å²) in [7, 11) is 3.59. The van der Waals surface area contributed by atoms with Crippen molar-refractivity contribution < 1.29 is 9.21 Å². The summed E-state index contributed by atoms with van der Waals surface area (Å²) in [6, 6.07) is 3.80. The molecule has 0 bridgehead atoms. The smallest absolute Gasteiger partial charge is 0.235 e. The minimum absolute atomic E-state index is 0.0000926. The summed E-state index contributed by atoms with van der Waals surface area (Å²) in [5.41, 5.74) is 0. The van der Waals surface area contributed by atoms with E-state index in [1.54, 1.807) is 37.0 Å². The lowest BCUT2D eigenvalue weighted by Gasteiger charge is -2.22. The third kappa shape index (κ3) is 3.59. The highest BCUT2D eigenvalue weighted by Gasteiger charge is 2.24. The van der Waals surface area contributed by atoms with Gasteiger partial charge in [-0.15, -0.1) is 11.8 Å². The van der Waals surface area contributed by atoms with Gasteiger partial charge in [-0.3, -0.25) is 4.79 Å². The van der Waals surface area contributed by atoms with Gasteiger partial charge >= 0.3 is 0 Å². The van der Waals surface area contributed by atoms with Crippen LogP contribution < -0.4 is 0 Å². The van der Waals surface area contributed by atoms with Crippen LogP contribution in [0.5, 0.6) is 0 Å². The zero-order valence-electron chi connectivity index (χ0n) is 10.3. The molecule has 1 heterocycles. The Bertz CT molecular complexity index is 320. The van der Waals surface area contributed by atoms with E-state index < -0.39 is 0 Å². The Morgan fingerprint density at radius 1 is 1.50 bits per heavy atom. The SMILES string of the molecule is CC(C)C(SCc1ccco1)C(=O)N(C)C. The fourth-order valence-corrected chi connectivity index (χ4v) is 2.62. The molecule has 3 nitrogen and oxygen atoms in total. The monoisotopic (exact) mass is 241 g/mol. The average Bonchev–Trinajstić information content (AvgIpc) is 2.69. The molecule has 0 fully saturated rings. The van der Waals surface area contributed by atoms with Gasteiger partial charge in [-0.2, -0.15) is 0 Å². The van der Waals surface area contributed by atoms with Crippen molar-refractivity contribution in [1.82, 2.24) is 4.90 Å². The standard InChI is InChI=1S/C12H19NO2S/c1-9(2)11(12(14)13(3)4)16-8-10-6-5-7-15-10/h5-7,9,11H,8H2,1-4H3. The van der Waals surface area contributed by atoms with Crippen molar-refractivity contribution in [2.24, 2.45) is 5.92 Å². The van der Waals surface area contributed by atoms with E-state index in [0.717, 1.165) is 11.5 Å². The van der Waals surface area contributed by atoms with Crippen molar-refractivity contribution in [1.29, 1.82) is 0 Å². The van der Waals surface area contributed by atoms with Gasteiger partial charge in [0.15, 0.2) is 0 Å². The minimum Gasteiger partial charge on any atom is -0.468 e. The van der Waals surface area contributed by atoms with Gasteiger partial charge in [0.05, 0.1) is 17.3 Å². The maximum absolute atomic E-state index is 11.9. The van der Waals surface area contributed by atoms with Crippen LogP contribution in [0.4, 0.5) is 0 Å². The first-order valence-corrected chi connectivity index (χ1v) is 6.42. The summed E-state index contributed by atoms with van der Waals surface area (Å²) in [4.78, 5) is 13.6. The van der Waals surface area contributed by atoms with E-state index in [0.29, 0.717) is 5.92 Å². The third-order valence-electron chi connectivity index (χ3n) is 2.27. The van der Waals surface area contributed by atoms with E-state index in [-0.39, 0.29) is 11.2 Å². The molecule has 1 rings (SSSR count). The molecule has 0 saturated carbocycles. The number of thioether (sulfide) groups is 1. The summed E-state index contributed by atoms with van der Waals surface area (Å²) < 4.78 is 5.26. The minimum atomic E-state index is 0.0000926. The van der Waals surface area contributed by atoms with Crippen LogP contribution in [0.25, 0.3) is 0 Å². The summed E-state index contributed by atoms with van der Waals surface area (Å²) in [5.74, 6) is 2.17. The molecular weight excluding hydrogens is 222 g/mol. The molecule has 1 unspecified atom stereocenters. The third-order valence-corrected chi connectivity index (χ3v) is 3.83. The van der Waals surface area contributed by atoms with E-state index >= 15 is 0 Å². The molecule has 16 heavy (non-hydrogen) atoms. The summed E-state index contributed by atoms with van der Waals surface area (Å²) in [5, 5.41) is 0.0000926. The Morgan fingerprint density at radius 3 is 2.62 bits per heavy atom. The molecule has 90 valence electrons. The van der Waals surface area contributed by atoms with E-state index in [9.17, 15) is 4.79 Å². The molecule has 1 amide bonds. The predicted molar refractivity (Wildman–Crippen MR) is 67.3 cm³/mol. The topological polar surface area (TPSA) is 33.5 Å². The zero-order chi connectivity index (χ0) is 12.1. The number of furan rings is 1. The van der Waals surface area contributed by atoms with Crippen molar-refractivity contribution in [3.63, 3.8) is 0 Å². The van der Waals surface area contributed by atoms with Gasteiger partial charge in [-0.05, 0) is 18.1 Å². The van der Waals surface area contributed by atoms with Gasteiger partial charge in [0.1, 0.15) is 5.76 Å². The van der Waals surface area contributed by atoms with Crippen LogP contribution in [-0.2, 0) is 10.5 Å². The van der Waals surface area contributed by atoms with Crippen LogP contribution >= 0.6 is 11.8 Å². The highest BCUT2D eigenvalue weighted by atomic mass is 32.2. The molecule has 0 aromatic carbocycles. The van der Waals surface area contributed by atoms with Gasteiger partial charge in [-0.25, -0.2) is 0 Å². The normalized spacial score (nSPS) is 12.8. The lowest BCUT2D eigenvalue weighted by molar-refractivity contribution is -0.128. The first kappa shape index (κ1) is 13.2. The Hall–Kier alpha value is -0.900. The number of carbonyl (C=O) groups excluding carboxylic acids is 1.